The van der Waals surface area contributed by atoms with Crippen LogP contribution in [-0.2, 0) is 4.84 Å². The van der Waals surface area contributed by atoms with Crippen molar-refractivity contribution in [3.63, 3.8) is 0 Å². The largest absolute Gasteiger partial charge is 0.391 e. The summed E-state index contributed by atoms with van der Waals surface area (Å²) < 4.78 is 0. The van der Waals surface area contributed by atoms with Crippen LogP contribution in [0.25, 0.3) is 0 Å². The lowest BCUT2D eigenvalue weighted by molar-refractivity contribution is 0.0858. The van der Waals surface area contributed by atoms with E-state index < -0.39 is 0 Å². The van der Waals surface area contributed by atoms with Crippen LogP contribution in [0.1, 0.15) is 19.4 Å². The number of pyridine rings is 1. The van der Waals surface area contributed by atoms with Crippen LogP contribution in [0.4, 0.5) is 0 Å². The summed E-state index contributed by atoms with van der Waals surface area (Å²) in [5.41, 5.74) is 6.46. The fraction of sp³-hybridized carbons (Fsp3) is 0.333. The van der Waals surface area contributed by atoms with Gasteiger partial charge in [-0.1, -0.05) is 5.16 Å². The molecule has 70 valence electrons. The minimum Gasteiger partial charge on any atom is -0.391 e. The molecule has 0 atom stereocenters. The van der Waals surface area contributed by atoms with Crippen molar-refractivity contribution in [3.05, 3.63) is 30.1 Å². The monoisotopic (exact) mass is 179 g/mol. The van der Waals surface area contributed by atoms with Crippen LogP contribution in [0.15, 0.2) is 29.7 Å². The van der Waals surface area contributed by atoms with Gasteiger partial charge in [-0.05, 0) is 26.0 Å². The molecular formula is C9H13N3O. The summed E-state index contributed by atoms with van der Waals surface area (Å²) in [7, 11) is 0. The van der Waals surface area contributed by atoms with E-state index in [-0.39, 0.29) is 6.10 Å². The highest BCUT2D eigenvalue weighted by Crippen LogP contribution is 1.97. The van der Waals surface area contributed by atoms with Gasteiger partial charge in [0.05, 0.1) is 0 Å². The van der Waals surface area contributed by atoms with Crippen molar-refractivity contribution >= 4 is 5.84 Å². The molecule has 4 nitrogen and oxygen atoms in total. The third-order valence-corrected chi connectivity index (χ3v) is 1.34. The molecule has 1 rings (SSSR count). The summed E-state index contributed by atoms with van der Waals surface area (Å²) >= 11 is 0. The number of amidine groups is 1. The maximum Gasteiger partial charge on any atom is 0.170 e. The lowest BCUT2D eigenvalue weighted by Crippen LogP contribution is -2.14. The molecule has 0 unspecified atom stereocenters. The fourth-order valence-electron chi connectivity index (χ4n) is 0.738. The Hall–Kier alpha value is -1.58. The van der Waals surface area contributed by atoms with Crippen LogP contribution >= 0.6 is 0 Å². The first-order valence-corrected chi connectivity index (χ1v) is 4.10. The molecule has 13 heavy (non-hydrogen) atoms. The zero-order valence-corrected chi connectivity index (χ0v) is 7.77. The van der Waals surface area contributed by atoms with Crippen molar-refractivity contribution < 1.29 is 4.84 Å². The maximum absolute atomic E-state index is 5.64. The summed E-state index contributed by atoms with van der Waals surface area (Å²) in [6, 6.07) is 3.56. The SMILES string of the molecule is CC(C)O/N=C(\N)c1ccncc1. The van der Waals surface area contributed by atoms with E-state index in [4.69, 9.17) is 10.6 Å². The standard InChI is InChI=1S/C9H13N3O/c1-7(2)13-12-9(10)8-3-5-11-6-4-8/h3-7H,1-2H3,(H2,10,12). The lowest BCUT2D eigenvalue weighted by atomic mass is 10.2. The molecule has 0 amide bonds. The third-order valence-electron chi connectivity index (χ3n) is 1.34. The Kier molecular flexibility index (Phi) is 3.25. The second-order valence-electron chi connectivity index (χ2n) is 2.87. The van der Waals surface area contributed by atoms with E-state index in [1.165, 1.54) is 0 Å². The summed E-state index contributed by atoms with van der Waals surface area (Å²) in [6.07, 6.45) is 3.36. The van der Waals surface area contributed by atoms with Crippen molar-refractivity contribution in [1.82, 2.24) is 4.98 Å². The Bertz CT molecular complexity index is 282. The normalized spacial score (nSPS) is 11.8. The minimum atomic E-state index is 0.0420. The topological polar surface area (TPSA) is 60.5 Å². The summed E-state index contributed by atoms with van der Waals surface area (Å²) in [4.78, 5) is 8.87. The fourth-order valence-corrected chi connectivity index (χ4v) is 0.738. The van der Waals surface area contributed by atoms with Gasteiger partial charge in [-0.2, -0.15) is 0 Å². The number of rotatable bonds is 3. The van der Waals surface area contributed by atoms with E-state index in [0.717, 1.165) is 5.56 Å². The van der Waals surface area contributed by atoms with Gasteiger partial charge in [-0.15, -0.1) is 0 Å². The van der Waals surface area contributed by atoms with Crippen LogP contribution in [0.3, 0.4) is 0 Å². The number of nitrogens with zero attached hydrogens (tertiary/aromatic N) is 2. The van der Waals surface area contributed by atoms with E-state index in [1.54, 1.807) is 24.5 Å². The first-order chi connectivity index (χ1) is 6.20. The molecule has 0 aliphatic rings. The maximum atomic E-state index is 5.64. The van der Waals surface area contributed by atoms with E-state index in [0.29, 0.717) is 5.84 Å². The van der Waals surface area contributed by atoms with Crippen LogP contribution in [0, 0.1) is 0 Å². The average molecular weight is 179 g/mol. The molecular weight excluding hydrogens is 166 g/mol. The molecule has 0 saturated heterocycles. The minimum absolute atomic E-state index is 0.0420. The first-order valence-electron chi connectivity index (χ1n) is 4.10. The molecule has 0 aromatic carbocycles. The molecule has 1 aromatic rings. The van der Waals surface area contributed by atoms with E-state index in [2.05, 4.69) is 10.1 Å². The average Bonchev–Trinajstić information content (AvgIpc) is 2.15. The van der Waals surface area contributed by atoms with Gasteiger partial charge < -0.3 is 10.6 Å². The number of hydrogen-bond acceptors (Lipinski definition) is 3. The summed E-state index contributed by atoms with van der Waals surface area (Å²) in [5.74, 6) is 0.371. The molecule has 2 N–H and O–H groups in total. The molecule has 0 aliphatic heterocycles. The molecule has 4 heteroatoms. The van der Waals surface area contributed by atoms with Crippen molar-refractivity contribution in [2.45, 2.75) is 20.0 Å². The number of oxime groups is 1. The van der Waals surface area contributed by atoms with Crippen LogP contribution in [-0.4, -0.2) is 16.9 Å². The Morgan fingerprint density at radius 1 is 1.46 bits per heavy atom. The van der Waals surface area contributed by atoms with Gasteiger partial charge in [0, 0.05) is 18.0 Å². The quantitative estimate of drug-likeness (QED) is 0.430. The van der Waals surface area contributed by atoms with Crippen molar-refractivity contribution in [3.8, 4) is 0 Å². The molecule has 0 spiro atoms. The van der Waals surface area contributed by atoms with Gasteiger partial charge in [-0.3, -0.25) is 4.98 Å². The zero-order valence-electron chi connectivity index (χ0n) is 7.77. The predicted octanol–water partition coefficient (Wildman–Crippen LogP) is 1.13. The van der Waals surface area contributed by atoms with Crippen LogP contribution in [0.2, 0.25) is 0 Å². The number of aromatic nitrogens is 1. The highest BCUT2D eigenvalue weighted by atomic mass is 16.6. The smallest absolute Gasteiger partial charge is 0.170 e. The third kappa shape index (κ3) is 3.11. The van der Waals surface area contributed by atoms with Crippen molar-refractivity contribution in [2.75, 3.05) is 0 Å². The van der Waals surface area contributed by atoms with Crippen LogP contribution in [0.5, 0.6) is 0 Å². The molecule has 0 saturated carbocycles. The Balaban J connectivity index is 2.68. The summed E-state index contributed by atoms with van der Waals surface area (Å²) in [5, 5.41) is 3.76. The van der Waals surface area contributed by atoms with E-state index in [1.807, 2.05) is 13.8 Å². The highest BCUT2D eigenvalue weighted by molar-refractivity contribution is 5.96. The van der Waals surface area contributed by atoms with Crippen molar-refractivity contribution in [1.29, 1.82) is 0 Å². The first kappa shape index (κ1) is 9.51. The van der Waals surface area contributed by atoms with E-state index >= 15 is 0 Å². The molecule has 1 aromatic heterocycles. The van der Waals surface area contributed by atoms with Gasteiger partial charge in [0.25, 0.3) is 0 Å². The second kappa shape index (κ2) is 4.45. The van der Waals surface area contributed by atoms with Crippen LogP contribution < -0.4 is 5.73 Å². The lowest BCUT2D eigenvalue weighted by Gasteiger charge is -2.03. The molecule has 0 bridgehead atoms. The van der Waals surface area contributed by atoms with Gasteiger partial charge in [0.1, 0.15) is 6.10 Å². The number of nitrogens with two attached hydrogens (primary N) is 1. The number of hydrogen-bond donors (Lipinski definition) is 1. The van der Waals surface area contributed by atoms with Gasteiger partial charge in [-0.25, -0.2) is 0 Å². The Morgan fingerprint density at radius 3 is 2.62 bits per heavy atom. The van der Waals surface area contributed by atoms with Crippen molar-refractivity contribution in [2.24, 2.45) is 10.9 Å². The molecule has 0 aliphatic carbocycles. The van der Waals surface area contributed by atoms with E-state index in [9.17, 15) is 0 Å². The predicted molar refractivity (Wildman–Crippen MR) is 51.2 cm³/mol. The van der Waals surface area contributed by atoms with Gasteiger partial charge in [0.15, 0.2) is 5.84 Å². The summed E-state index contributed by atoms with van der Waals surface area (Å²) in [6.45, 7) is 3.78. The highest BCUT2D eigenvalue weighted by Gasteiger charge is 1.97. The Labute approximate surface area is 77.4 Å². The zero-order chi connectivity index (χ0) is 9.68. The second-order valence-corrected chi connectivity index (χ2v) is 2.87. The molecule has 0 radical (unpaired) electrons. The van der Waals surface area contributed by atoms with Gasteiger partial charge in [0.2, 0.25) is 0 Å². The van der Waals surface area contributed by atoms with Gasteiger partial charge >= 0.3 is 0 Å². The molecule has 0 fully saturated rings. The molecule has 1 heterocycles. The Morgan fingerprint density at radius 2 is 2.08 bits per heavy atom.